The van der Waals surface area contributed by atoms with Gasteiger partial charge in [-0.25, -0.2) is 0 Å². The molecule has 88 valence electrons. The first-order chi connectivity index (χ1) is 8.25. The van der Waals surface area contributed by atoms with Crippen LogP contribution in [0.1, 0.15) is 18.9 Å². The minimum Gasteiger partial charge on any atom is -0.490 e. The van der Waals surface area contributed by atoms with Crippen LogP contribution < -0.4 is 10.5 Å². The first-order valence-corrected chi connectivity index (χ1v) is 5.75. The van der Waals surface area contributed by atoms with Gasteiger partial charge in [0.2, 0.25) is 5.88 Å². The van der Waals surface area contributed by atoms with Gasteiger partial charge in [-0.2, -0.15) is 0 Å². The Bertz CT molecular complexity index is 548. The quantitative estimate of drug-likeness (QED) is 0.818. The second-order valence-electron chi connectivity index (χ2n) is 4.36. The lowest BCUT2D eigenvalue weighted by Crippen LogP contribution is -2.19. The SMILES string of the molecule is CC1CCc2cccc(-c3cnoc3N)c2O1. The van der Waals surface area contributed by atoms with Crippen LogP contribution in [0, 0.1) is 0 Å². The topological polar surface area (TPSA) is 61.3 Å². The van der Waals surface area contributed by atoms with Crippen LogP contribution in [0.2, 0.25) is 0 Å². The third-order valence-corrected chi connectivity index (χ3v) is 3.12. The van der Waals surface area contributed by atoms with Crippen molar-refractivity contribution in [1.29, 1.82) is 0 Å². The molecule has 1 aromatic heterocycles. The van der Waals surface area contributed by atoms with Gasteiger partial charge in [-0.3, -0.25) is 0 Å². The van der Waals surface area contributed by atoms with Gasteiger partial charge >= 0.3 is 0 Å². The molecule has 0 saturated carbocycles. The molecule has 1 unspecified atom stereocenters. The minimum atomic E-state index is 0.240. The van der Waals surface area contributed by atoms with Crippen molar-refractivity contribution < 1.29 is 9.26 Å². The second-order valence-corrected chi connectivity index (χ2v) is 4.36. The summed E-state index contributed by atoms with van der Waals surface area (Å²) in [7, 11) is 0. The lowest BCUT2D eigenvalue weighted by atomic mass is 9.97. The molecule has 0 bridgehead atoms. The lowest BCUT2D eigenvalue weighted by Gasteiger charge is -2.25. The van der Waals surface area contributed by atoms with E-state index < -0.39 is 0 Å². The average molecular weight is 230 g/mol. The molecule has 4 heteroatoms. The van der Waals surface area contributed by atoms with E-state index in [4.69, 9.17) is 15.0 Å². The fourth-order valence-electron chi connectivity index (χ4n) is 2.20. The normalized spacial score (nSPS) is 18.5. The standard InChI is InChI=1S/C13H14N2O2/c1-8-5-6-9-3-2-4-10(12(9)16-8)11-7-15-17-13(11)14/h2-4,7-8H,5-6,14H2,1H3. The second kappa shape index (κ2) is 3.80. The number of hydrogen-bond acceptors (Lipinski definition) is 4. The minimum absolute atomic E-state index is 0.240. The third-order valence-electron chi connectivity index (χ3n) is 3.12. The van der Waals surface area contributed by atoms with Crippen LogP contribution in [0.5, 0.6) is 5.75 Å². The maximum atomic E-state index is 5.92. The van der Waals surface area contributed by atoms with Gasteiger partial charge in [-0.05, 0) is 25.3 Å². The number of anilines is 1. The number of rotatable bonds is 1. The van der Waals surface area contributed by atoms with Crippen LogP contribution in [0.15, 0.2) is 28.9 Å². The van der Waals surface area contributed by atoms with Crippen molar-refractivity contribution in [3.05, 3.63) is 30.0 Å². The summed E-state index contributed by atoms with van der Waals surface area (Å²) in [6.45, 7) is 2.08. The van der Waals surface area contributed by atoms with Crippen LogP contribution in [0.25, 0.3) is 11.1 Å². The number of para-hydroxylation sites is 1. The Balaban J connectivity index is 2.15. The zero-order chi connectivity index (χ0) is 11.8. The van der Waals surface area contributed by atoms with Gasteiger partial charge in [0.25, 0.3) is 0 Å². The first kappa shape index (κ1) is 10.2. The van der Waals surface area contributed by atoms with Gasteiger partial charge in [-0.15, -0.1) is 0 Å². The maximum Gasteiger partial charge on any atom is 0.230 e. The fraction of sp³-hybridized carbons (Fsp3) is 0.308. The number of hydrogen-bond donors (Lipinski definition) is 1. The summed E-state index contributed by atoms with van der Waals surface area (Å²) in [5.41, 5.74) is 8.75. The van der Waals surface area contributed by atoms with E-state index in [2.05, 4.69) is 18.1 Å². The Labute approximate surface area is 99.4 Å². The first-order valence-electron chi connectivity index (χ1n) is 5.75. The summed E-state index contributed by atoms with van der Waals surface area (Å²) in [4.78, 5) is 0. The molecule has 4 nitrogen and oxygen atoms in total. The van der Waals surface area contributed by atoms with Crippen LogP contribution in [-0.4, -0.2) is 11.3 Å². The van der Waals surface area contributed by atoms with Crippen molar-refractivity contribution in [3.63, 3.8) is 0 Å². The summed E-state index contributed by atoms with van der Waals surface area (Å²) in [6.07, 6.45) is 3.96. The molecule has 1 aromatic carbocycles. The Morgan fingerprint density at radius 2 is 2.24 bits per heavy atom. The molecule has 0 spiro atoms. The summed E-state index contributed by atoms with van der Waals surface area (Å²) in [6, 6.07) is 6.09. The monoisotopic (exact) mass is 230 g/mol. The number of benzene rings is 1. The summed E-state index contributed by atoms with van der Waals surface area (Å²) >= 11 is 0. The highest BCUT2D eigenvalue weighted by atomic mass is 16.5. The van der Waals surface area contributed by atoms with E-state index in [0.717, 1.165) is 29.7 Å². The highest BCUT2D eigenvalue weighted by Crippen LogP contribution is 2.39. The molecule has 1 aliphatic rings. The van der Waals surface area contributed by atoms with Gasteiger partial charge in [0.15, 0.2) is 0 Å². The zero-order valence-corrected chi connectivity index (χ0v) is 9.64. The Morgan fingerprint density at radius 1 is 1.35 bits per heavy atom. The van der Waals surface area contributed by atoms with E-state index >= 15 is 0 Å². The maximum absolute atomic E-state index is 5.92. The van der Waals surface area contributed by atoms with Crippen molar-refractivity contribution in [3.8, 4) is 16.9 Å². The van der Waals surface area contributed by atoms with Crippen molar-refractivity contribution in [2.45, 2.75) is 25.9 Å². The van der Waals surface area contributed by atoms with Crippen LogP contribution in [0.4, 0.5) is 5.88 Å². The number of nitrogen functional groups attached to an aromatic ring is 1. The largest absolute Gasteiger partial charge is 0.490 e. The third kappa shape index (κ3) is 1.65. The van der Waals surface area contributed by atoms with Gasteiger partial charge in [0.05, 0.1) is 17.9 Å². The number of aromatic nitrogens is 1. The number of aryl methyl sites for hydroxylation is 1. The molecular weight excluding hydrogens is 216 g/mol. The fourth-order valence-corrected chi connectivity index (χ4v) is 2.20. The molecule has 1 aliphatic heterocycles. The van der Waals surface area contributed by atoms with Gasteiger partial charge in [0, 0.05) is 5.56 Å². The van der Waals surface area contributed by atoms with Gasteiger partial charge in [0.1, 0.15) is 5.75 Å². The van der Waals surface area contributed by atoms with Crippen LogP contribution in [0.3, 0.4) is 0 Å². The van der Waals surface area contributed by atoms with E-state index in [0.29, 0.717) is 5.88 Å². The molecule has 2 N–H and O–H groups in total. The molecule has 17 heavy (non-hydrogen) atoms. The predicted octanol–water partition coefficient (Wildman–Crippen LogP) is 2.64. The highest BCUT2D eigenvalue weighted by molar-refractivity contribution is 5.78. The van der Waals surface area contributed by atoms with Crippen LogP contribution in [-0.2, 0) is 6.42 Å². The molecule has 3 rings (SSSR count). The van der Waals surface area contributed by atoms with Crippen molar-refractivity contribution in [2.75, 3.05) is 5.73 Å². The predicted molar refractivity (Wildman–Crippen MR) is 64.8 cm³/mol. The summed E-state index contributed by atoms with van der Waals surface area (Å²) < 4.78 is 10.8. The smallest absolute Gasteiger partial charge is 0.230 e. The molecule has 0 radical (unpaired) electrons. The van der Waals surface area contributed by atoms with E-state index in [-0.39, 0.29) is 6.10 Å². The van der Waals surface area contributed by atoms with Gasteiger partial charge < -0.3 is 15.0 Å². The molecule has 0 fully saturated rings. The summed E-state index contributed by atoms with van der Waals surface area (Å²) in [5, 5.41) is 3.71. The Kier molecular flexibility index (Phi) is 2.28. The number of ether oxygens (including phenoxy) is 1. The number of nitrogens with zero attached hydrogens (tertiary/aromatic N) is 1. The Hall–Kier alpha value is -1.97. The zero-order valence-electron chi connectivity index (χ0n) is 9.64. The number of nitrogens with two attached hydrogens (primary N) is 1. The van der Waals surface area contributed by atoms with E-state index in [1.807, 2.05) is 12.1 Å². The molecule has 0 saturated heterocycles. The lowest BCUT2D eigenvalue weighted by molar-refractivity contribution is 0.193. The van der Waals surface area contributed by atoms with E-state index in [1.165, 1.54) is 5.56 Å². The van der Waals surface area contributed by atoms with Crippen LogP contribution >= 0.6 is 0 Å². The molecular formula is C13H14N2O2. The van der Waals surface area contributed by atoms with E-state index in [1.54, 1.807) is 6.20 Å². The molecule has 2 heterocycles. The molecule has 2 aromatic rings. The molecule has 0 aliphatic carbocycles. The number of fused-ring (bicyclic) bond motifs is 1. The highest BCUT2D eigenvalue weighted by Gasteiger charge is 2.21. The molecule has 0 amide bonds. The van der Waals surface area contributed by atoms with Crippen molar-refractivity contribution in [2.24, 2.45) is 0 Å². The summed E-state index contributed by atoms with van der Waals surface area (Å²) in [5.74, 6) is 1.25. The Morgan fingerprint density at radius 3 is 3.00 bits per heavy atom. The van der Waals surface area contributed by atoms with Crippen molar-refractivity contribution >= 4 is 5.88 Å². The average Bonchev–Trinajstić information content (AvgIpc) is 2.74. The van der Waals surface area contributed by atoms with E-state index in [9.17, 15) is 0 Å². The van der Waals surface area contributed by atoms with Gasteiger partial charge in [-0.1, -0.05) is 23.4 Å². The molecule has 1 atom stereocenters. The van der Waals surface area contributed by atoms with Crippen molar-refractivity contribution in [1.82, 2.24) is 5.16 Å².